The van der Waals surface area contributed by atoms with Gasteiger partial charge in [-0.05, 0) is 30.5 Å². The molecular formula is C13H16Cl2N2O. The normalized spacial score (nSPS) is 24.1. The van der Waals surface area contributed by atoms with Crippen molar-refractivity contribution >= 4 is 29.1 Å². The van der Waals surface area contributed by atoms with E-state index in [0.29, 0.717) is 28.1 Å². The number of carbonyl (C=O) groups excluding carboxylic acids is 1. The third-order valence-corrected chi connectivity index (χ3v) is 4.03. The van der Waals surface area contributed by atoms with E-state index in [4.69, 9.17) is 28.9 Å². The second kappa shape index (κ2) is 5.47. The molecule has 3 nitrogen and oxygen atoms in total. The number of likely N-dealkylation sites (tertiary alicyclic amines) is 1. The summed E-state index contributed by atoms with van der Waals surface area (Å²) in [5.74, 6) is 0.355. The molecule has 1 aliphatic rings. The second-order valence-corrected chi connectivity index (χ2v) is 5.65. The first-order chi connectivity index (χ1) is 8.49. The van der Waals surface area contributed by atoms with Crippen molar-refractivity contribution in [3.63, 3.8) is 0 Å². The summed E-state index contributed by atoms with van der Waals surface area (Å²) in [6.07, 6.45) is 0.922. The van der Waals surface area contributed by atoms with E-state index < -0.39 is 0 Å². The molecule has 0 saturated carbocycles. The molecule has 1 aromatic carbocycles. The van der Waals surface area contributed by atoms with Crippen LogP contribution in [0.5, 0.6) is 0 Å². The van der Waals surface area contributed by atoms with E-state index in [-0.39, 0.29) is 11.9 Å². The molecule has 2 rings (SSSR count). The van der Waals surface area contributed by atoms with Gasteiger partial charge in [0, 0.05) is 24.2 Å². The third kappa shape index (κ3) is 2.79. The topological polar surface area (TPSA) is 46.3 Å². The predicted octanol–water partition coefficient (Wildman–Crippen LogP) is 2.80. The summed E-state index contributed by atoms with van der Waals surface area (Å²) in [5, 5.41) is 0.939. The molecule has 1 aliphatic heterocycles. The summed E-state index contributed by atoms with van der Waals surface area (Å²) in [6.45, 7) is 3.40. The minimum absolute atomic E-state index is 0.0284. The Hall–Kier alpha value is -0.770. The van der Waals surface area contributed by atoms with Gasteiger partial charge >= 0.3 is 0 Å². The lowest BCUT2D eigenvalue weighted by Crippen LogP contribution is -2.49. The molecule has 2 atom stereocenters. The average molecular weight is 287 g/mol. The average Bonchev–Trinajstić information content (AvgIpc) is 2.35. The van der Waals surface area contributed by atoms with Crippen LogP contribution in [0.3, 0.4) is 0 Å². The van der Waals surface area contributed by atoms with E-state index in [9.17, 15) is 4.79 Å². The maximum Gasteiger partial charge on any atom is 0.255 e. The molecule has 0 spiro atoms. The lowest BCUT2D eigenvalue weighted by Gasteiger charge is -2.35. The van der Waals surface area contributed by atoms with Crippen LogP contribution in [0.2, 0.25) is 10.0 Å². The molecule has 1 fully saturated rings. The monoisotopic (exact) mass is 286 g/mol. The SMILES string of the molecule is CC1CCN(C(=O)c2cc(Cl)ccc2Cl)CC1N. The smallest absolute Gasteiger partial charge is 0.255 e. The third-order valence-electron chi connectivity index (χ3n) is 3.46. The van der Waals surface area contributed by atoms with E-state index in [1.165, 1.54) is 0 Å². The molecule has 18 heavy (non-hydrogen) atoms. The number of nitrogens with two attached hydrogens (primary N) is 1. The molecule has 0 bridgehead atoms. The zero-order chi connectivity index (χ0) is 13.3. The number of amides is 1. The summed E-state index contributed by atoms with van der Waals surface area (Å²) >= 11 is 11.9. The van der Waals surface area contributed by atoms with Crippen LogP contribution in [0, 0.1) is 5.92 Å². The predicted molar refractivity (Wildman–Crippen MR) is 74.1 cm³/mol. The maximum absolute atomic E-state index is 12.4. The van der Waals surface area contributed by atoms with Crippen molar-refractivity contribution in [2.45, 2.75) is 19.4 Å². The van der Waals surface area contributed by atoms with Crippen LogP contribution in [0.25, 0.3) is 0 Å². The van der Waals surface area contributed by atoms with Gasteiger partial charge in [-0.15, -0.1) is 0 Å². The van der Waals surface area contributed by atoms with Gasteiger partial charge in [0.25, 0.3) is 5.91 Å². The van der Waals surface area contributed by atoms with Gasteiger partial charge in [-0.25, -0.2) is 0 Å². The number of carbonyl (C=O) groups is 1. The van der Waals surface area contributed by atoms with Crippen LogP contribution in [-0.2, 0) is 0 Å². The molecule has 1 amide bonds. The van der Waals surface area contributed by atoms with Gasteiger partial charge in [-0.2, -0.15) is 0 Å². The molecule has 98 valence electrons. The number of nitrogens with zero attached hydrogens (tertiary/aromatic N) is 1. The Morgan fingerprint density at radius 1 is 1.44 bits per heavy atom. The summed E-state index contributed by atoms with van der Waals surface area (Å²) in [7, 11) is 0. The quantitative estimate of drug-likeness (QED) is 0.863. The molecule has 5 heteroatoms. The first-order valence-electron chi connectivity index (χ1n) is 5.99. The Labute approximate surface area is 117 Å². The fraction of sp³-hybridized carbons (Fsp3) is 0.462. The molecule has 1 aromatic rings. The van der Waals surface area contributed by atoms with Crippen molar-refractivity contribution in [3.8, 4) is 0 Å². The molecule has 0 aliphatic carbocycles. The molecule has 1 heterocycles. The zero-order valence-electron chi connectivity index (χ0n) is 10.2. The Bertz CT molecular complexity index is 464. The van der Waals surface area contributed by atoms with Crippen molar-refractivity contribution in [1.82, 2.24) is 4.90 Å². The van der Waals surface area contributed by atoms with E-state index >= 15 is 0 Å². The van der Waals surface area contributed by atoms with Gasteiger partial charge in [-0.1, -0.05) is 30.1 Å². The van der Waals surface area contributed by atoms with E-state index in [1.54, 1.807) is 23.1 Å². The largest absolute Gasteiger partial charge is 0.337 e. The van der Waals surface area contributed by atoms with Crippen LogP contribution in [0.1, 0.15) is 23.7 Å². The van der Waals surface area contributed by atoms with Gasteiger partial charge in [-0.3, -0.25) is 4.79 Å². The van der Waals surface area contributed by atoms with Gasteiger partial charge in [0.15, 0.2) is 0 Å². The van der Waals surface area contributed by atoms with Crippen molar-refractivity contribution < 1.29 is 4.79 Å². The molecule has 2 N–H and O–H groups in total. The summed E-state index contributed by atoms with van der Waals surface area (Å²) in [6, 6.07) is 4.95. The maximum atomic E-state index is 12.4. The van der Waals surface area contributed by atoms with E-state index in [0.717, 1.165) is 13.0 Å². The van der Waals surface area contributed by atoms with Gasteiger partial charge < -0.3 is 10.6 Å². The van der Waals surface area contributed by atoms with Gasteiger partial charge in [0.2, 0.25) is 0 Å². The summed E-state index contributed by atoms with van der Waals surface area (Å²) in [4.78, 5) is 14.1. The van der Waals surface area contributed by atoms with Crippen molar-refractivity contribution in [3.05, 3.63) is 33.8 Å². The van der Waals surface area contributed by atoms with Crippen LogP contribution in [-0.4, -0.2) is 29.9 Å². The molecule has 0 aromatic heterocycles. The van der Waals surface area contributed by atoms with Crippen LogP contribution in [0.15, 0.2) is 18.2 Å². The van der Waals surface area contributed by atoms with Crippen LogP contribution >= 0.6 is 23.2 Å². The summed E-state index contributed by atoms with van der Waals surface area (Å²) in [5.41, 5.74) is 6.45. The standard InChI is InChI=1S/C13H16Cl2N2O/c1-8-4-5-17(7-12(8)16)13(18)10-6-9(14)2-3-11(10)15/h2-3,6,8,12H,4-5,7,16H2,1H3. The first kappa shape index (κ1) is 13.7. The highest BCUT2D eigenvalue weighted by Crippen LogP contribution is 2.24. The Balaban J connectivity index is 2.19. The Morgan fingerprint density at radius 3 is 2.83 bits per heavy atom. The fourth-order valence-electron chi connectivity index (χ4n) is 2.12. The summed E-state index contributed by atoms with van der Waals surface area (Å²) < 4.78 is 0. The Morgan fingerprint density at radius 2 is 2.17 bits per heavy atom. The van der Waals surface area contributed by atoms with Gasteiger partial charge in [0.05, 0.1) is 10.6 Å². The number of hydrogen-bond donors (Lipinski definition) is 1. The van der Waals surface area contributed by atoms with E-state index in [2.05, 4.69) is 6.92 Å². The lowest BCUT2D eigenvalue weighted by atomic mass is 9.94. The number of hydrogen-bond acceptors (Lipinski definition) is 2. The Kier molecular flexibility index (Phi) is 4.15. The minimum atomic E-state index is -0.0927. The van der Waals surface area contributed by atoms with Crippen LogP contribution in [0.4, 0.5) is 0 Å². The highest BCUT2D eigenvalue weighted by atomic mass is 35.5. The molecule has 2 unspecified atom stereocenters. The van der Waals surface area contributed by atoms with Gasteiger partial charge in [0.1, 0.15) is 0 Å². The number of rotatable bonds is 1. The minimum Gasteiger partial charge on any atom is -0.337 e. The molecule has 0 radical (unpaired) electrons. The fourth-order valence-corrected chi connectivity index (χ4v) is 2.49. The highest BCUT2D eigenvalue weighted by molar-refractivity contribution is 6.35. The highest BCUT2D eigenvalue weighted by Gasteiger charge is 2.27. The van der Waals surface area contributed by atoms with Crippen molar-refractivity contribution in [1.29, 1.82) is 0 Å². The lowest BCUT2D eigenvalue weighted by molar-refractivity contribution is 0.0672. The van der Waals surface area contributed by atoms with Crippen molar-refractivity contribution in [2.24, 2.45) is 11.7 Å². The number of halogens is 2. The van der Waals surface area contributed by atoms with E-state index in [1.807, 2.05) is 0 Å². The zero-order valence-corrected chi connectivity index (χ0v) is 11.7. The van der Waals surface area contributed by atoms with Crippen LogP contribution < -0.4 is 5.73 Å². The molecule has 1 saturated heterocycles. The second-order valence-electron chi connectivity index (χ2n) is 4.81. The number of benzene rings is 1. The molecular weight excluding hydrogens is 271 g/mol. The van der Waals surface area contributed by atoms with Crippen molar-refractivity contribution in [2.75, 3.05) is 13.1 Å². The first-order valence-corrected chi connectivity index (χ1v) is 6.74. The number of piperidine rings is 1.